The van der Waals surface area contributed by atoms with Gasteiger partial charge in [-0.05, 0) is 55.0 Å². The third-order valence-corrected chi connectivity index (χ3v) is 5.72. The van der Waals surface area contributed by atoms with Gasteiger partial charge >= 0.3 is 0 Å². The van der Waals surface area contributed by atoms with Gasteiger partial charge in [-0.25, -0.2) is 0 Å². The van der Waals surface area contributed by atoms with Crippen LogP contribution < -0.4 is 10.9 Å². The minimum atomic E-state index is -0.764. The van der Waals surface area contributed by atoms with Crippen molar-refractivity contribution < 1.29 is 14.5 Å². The molecule has 0 radical (unpaired) electrons. The maximum atomic E-state index is 12.3. The predicted octanol–water partition coefficient (Wildman–Crippen LogP) is 4.92. The molecule has 0 saturated carbocycles. The van der Waals surface area contributed by atoms with Crippen LogP contribution in [0.1, 0.15) is 31.8 Å². The summed E-state index contributed by atoms with van der Waals surface area (Å²) in [6, 6.07) is 18.9. The second-order valence-electron chi connectivity index (χ2n) is 6.58. The lowest BCUT2D eigenvalue weighted by Crippen LogP contribution is -2.41. The Bertz CT molecular complexity index is 1120. The van der Waals surface area contributed by atoms with Gasteiger partial charge < -0.3 is 0 Å². The molecule has 158 valence electrons. The van der Waals surface area contributed by atoms with E-state index in [9.17, 15) is 19.7 Å². The summed E-state index contributed by atoms with van der Waals surface area (Å²) in [5.41, 5.74) is 5.82. The summed E-state index contributed by atoms with van der Waals surface area (Å²) in [4.78, 5) is 36.3. The molecular weight excluding hydrogens is 438 g/mol. The fraction of sp³-hybridized carbons (Fsp3) is 0.0909. The van der Waals surface area contributed by atoms with Crippen LogP contribution in [0.15, 0.2) is 71.6 Å². The van der Waals surface area contributed by atoms with E-state index in [1.54, 1.807) is 43.0 Å². The van der Waals surface area contributed by atoms with Crippen LogP contribution in [0.2, 0.25) is 5.02 Å². The van der Waals surface area contributed by atoms with Gasteiger partial charge in [0.1, 0.15) is 5.56 Å². The largest absolute Gasteiger partial charge is 0.285 e. The van der Waals surface area contributed by atoms with Crippen LogP contribution in [0.3, 0.4) is 0 Å². The van der Waals surface area contributed by atoms with E-state index in [4.69, 9.17) is 11.6 Å². The number of nitrogens with one attached hydrogen (secondary N) is 2. The van der Waals surface area contributed by atoms with Gasteiger partial charge in [0.15, 0.2) is 0 Å². The van der Waals surface area contributed by atoms with Crippen LogP contribution in [-0.2, 0) is 5.75 Å². The van der Waals surface area contributed by atoms with E-state index < -0.39 is 16.7 Å². The van der Waals surface area contributed by atoms with Crippen LogP contribution in [0, 0.1) is 17.0 Å². The Balaban J connectivity index is 1.57. The zero-order valence-corrected chi connectivity index (χ0v) is 18.0. The van der Waals surface area contributed by atoms with Crippen LogP contribution in [0.25, 0.3) is 0 Å². The van der Waals surface area contributed by atoms with E-state index in [1.807, 2.05) is 36.4 Å². The molecule has 0 fully saturated rings. The average molecular weight is 456 g/mol. The first-order chi connectivity index (χ1) is 14.8. The van der Waals surface area contributed by atoms with Crippen molar-refractivity contribution in [1.29, 1.82) is 0 Å². The predicted molar refractivity (Wildman–Crippen MR) is 120 cm³/mol. The Morgan fingerprint density at radius 1 is 0.968 bits per heavy atom. The van der Waals surface area contributed by atoms with Gasteiger partial charge in [0.05, 0.1) is 4.92 Å². The van der Waals surface area contributed by atoms with Crippen LogP contribution in [0.5, 0.6) is 0 Å². The summed E-state index contributed by atoms with van der Waals surface area (Å²) in [6.07, 6.45) is 0. The van der Waals surface area contributed by atoms with Crippen molar-refractivity contribution in [2.45, 2.75) is 17.6 Å². The number of hydrogen-bond acceptors (Lipinski definition) is 5. The Hall–Kier alpha value is -3.36. The van der Waals surface area contributed by atoms with Crippen molar-refractivity contribution in [3.8, 4) is 0 Å². The number of nitrogens with zero attached hydrogens (tertiary/aromatic N) is 1. The number of para-hydroxylation sites is 1. The second-order valence-corrected chi connectivity index (χ2v) is 8.06. The molecule has 0 aliphatic carbocycles. The van der Waals surface area contributed by atoms with Gasteiger partial charge in [0.2, 0.25) is 0 Å². The Morgan fingerprint density at radius 2 is 1.61 bits per heavy atom. The summed E-state index contributed by atoms with van der Waals surface area (Å²) in [6.45, 7) is 1.54. The minimum absolute atomic E-state index is 0.125. The molecule has 31 heavy (non-hydrogen) atoms. The molecular formula is C22H18ClN3O4S. The number of thioether (sulfide) groups is 1. The molecule has 0 heterocycles. The van der Waals surface area contributed by atoms with Gasteiger partial charge in [-0.1, -0.05) is 35.9 Å². The summed E-state index contributed by atoms with van der Waals surface area (Å²) >= 11 is 7.52. The van der Waals surface area contributed by atoms with Crippen LogP contribution in [0.4, 0.5) is 5.69 Å². The molecule has 0 unspecified atom stereocenters. The van der Waals surface area contributed by atoms with E-state index in [2.05, 4.69) is 10.9 Å². The minimum Gasteiger partial charge on any atom is -0.267 e. The van der Waals surface area contributed by atoms with Gasteiger partial charge in [-0.3, -0.25) is 30.6 Å². The van der Waals surface area contributed by atoms with Gasteiger partial charge in [0.25, 0.3) is 17.5 Å². The SMILES string of the molecule is Cc1cccc(C(=O)NNC(=O)c2ccc(CSc3ccc(Cl)cc3)cc2)c1[N+](=O)[O-]. The summed E-state index contributed by atoms with van der Waals surface area (Å²) in [7, 11) is 0. The van der Waals surface area contributed by atoms with Crippen molar-refractivity contribution in [2.24, 2.45) is 0 Å². The number of carbonyl (C=O) groups excluding carboxylic acids is 2. The highest BCUT2D eigenvalue weighted by Crippen LogP contribution is 2.25. The Kier molecular flexibility index (Phi) is 7.28. The van der Waals surface area contributed by atoms with Crippen LogP contribution in [-0.4, -0.2) is 16.7 Å². The molecule has 7 nitrogen and oxygen atoms in total. The van der Waals surface area contributed by atoms with Crippen molar-refractivity contribution in [2.75, 3.05) is 0 Å². The molecule has 0 spiro atoms. The van der Waals surface area contributed by atoms with Crippen molar-refractivity contribution >= 4 is 40.9 Å². The van der Waals surface area contributed by atoms with E-state index in [1.165, 1.54) is 6.07 Å². The number of benzene rings is 3. The molecule has 2 N–H and O–H groups in total. The Labute approximate surface area is 187 Å². The van der Waals surface area contributed by atoms with Crippen molar-refractivity contribution in [3.05, 3.63) is 104 Å². The maximum Gasteiger partial charge on any atom is 0.285 e. The monoisotopic (exact) mass is 455 g/mol. The first kappa shape index (κ1) is 22.3. The molecule has 0 aromatic heterocycles. The second kappa shape index (κ2) is 10.1. The highest BCUT2D eigenvalue weighted by Gasteiger charge is 2.22. The fourth-order valence-corrected chi connectivity index (χ4v) is 3.77. The van der Waals surface area contributed by atoms with Gasteiger partial charge in [-0.15, -0.1) is 11.8 Å². The standard InChI is InChI=1S/C22H18ClN3O4S/c1-14-3-2-4-19(20(14)26(29)30)22(28)25-24-21(27)16-7-5-15(6-8-16)13-31-18-11-9-17(23)10-12-18/h2-12H,13H2,1H3,(H,24,27)(H,25,28). The molecule has 3 aromatic rings. The van der Waals surface area contributed by atoms with E-state index >= 15 is 0 Å². The molecule has 2 amide bonds. The maximum absolute atomic E-state index is 12.3. The first-order valence-electron chi connectivity index (χ1n) is 9.17. The van der Waals surface area contributed by atoms with E-state index in [-0.39, 0.29) is 11.3 Å². The lowest BCUT2D eigenvalue weighted by Gasteiger charge is -2.09. The van der Waals surface area contributed by atoms with E-state index in [0.717, 1.165) is 16.2 Å². The average Bonchev–Trinajstić information content (AvgIpc) is 2.76. The zero-order chi connectivity index (χ0) is 22.4. The Morgan fingerprint density at radius 3 is 2.26 bits per heavy atom. The summed E-state index contributed by atoms with van der Waals surface area (Å²) in [5.74, 6) is -0.572. The molecule has 3 rings (SSSR count). The van der Waals surface area contributed by atoms with Crippen molar-refractivity contribution in [1.82, 2.24) is 10.9 Å². The molecule has 0 aliphatic heterocycles. The van der Waals surface area contributed by atoms with Crippen molar-refractivity contribution in [3.63, 3.8) is 0 Å². The number of carbonyl (C=O) groups is 2. The number of nitro benzene ring substituents is 1. The number of hydrogen-bond donors (Lipinski definition) is 2. The quantitative estimate of drug-likeness (QED) is 0.312. The molecule has 0 saturated heterocycles. The first-order valence-corrected chi connectivity index (χ1v) is 10.5. The summed E-state index contributed by atoms with van der Waals surface area (Å²) < 4.78 is 0. The van der Waals surface area contributed by atoms with E-state index in [0.29, 0.717) is 16.1 Å². The number of halogens is 1. The van der Waals surface area contributed by atoms with Crippen LogP contribution >= 0.6 is 23.4 Å². The third-order valence-electron chi connectivity index (χ3n) is 4.39. The molecule has 0 atom stereocenters. The lowest BCUT2D eigenvalue weighted by atomic mass is 10.1. The highest BCUT2D eigenvalue weighted by atomic mass is 35.5. The highest BCUT2D eigenvalue weighted by molar-refractivity contribution is 7.98. The molecule has 3 aromatic carbocycles. The number of amides is 2. The van der Waals surface area contributed by atoms with Gasteiger partial charge in [-0.2, -0.15) is 0 Å². The number of aryl methyl sites for hydroxylation is 1. The van der Waals surface area contributed by atoms with Gasteiger partial charge in [0, 0.05) is 26.8 Å². The topological polar surface area (TPSA) is 101 Å². The lowest BCUT2D eigenvalue weighted by molar-refractivity contribution is -0.385. The third kappa shape index (κ3) is 5.84. The number of hydrazine groups is 1. The fourth-order valence-electron chi connectivity index (χ4n) is 2.79. The molecule has 0 aliphatic rings. The summed E-state index contributed by atoms with van der Waals surface area (Å²) in [5, 5.41) is 11.9. The normalized spacial score (nSPS) is 10.4. The smallest absolute Gasteiger partial charge is 0.267 e. The molecule has 9 heteroatoms. The number of nitro groups is 1. The molecule has 0 bridgehead atoms. The number of rotatable bonds is 6. The zero-order valence-electron chi connectivity index (χ0n) is 16.4.